The molecule has 2 N–H and O–H groups in total. The standard InChI is InChI=1S/C13H16N2O4S/c1-13(5-2-6-20-13)8-14-12(17)10-7-9(16)3-4-11(10)15(18)19/h3-4,7,16H,2,5-6,8H2,1H3,(H,14,17). The molecule has 108 valence electrons. The predicted octanol–water partition coefficient (Wildman–Crippen LogP) is 2.32. The molecule has 1 aromatic rings. The van der Waals surface area contributed by atoms with Crippen LogP contribution in [0.5, 0.6) is 5.75 Å². The second-order valence-electron chi connectivity index (χ2n) is 5.04. The number of nitrogens with one attached hydrogen (secondary N) is 1. The summed E-state index contributed by atoms with van der Waals surface area (Å²) < 4.78 is -0.0126. The molecular weight excluding hydrogens is 280 g/mol. The summed E-state index contributed by atoms with van der Waals surface area (Å²) >= 11 is 1.80. The van der Waals surface area contributed by atoms with Gasteiger partial charge in [0.1, 0.15) is 11.3 Å². The number of thioether (sulfide) groups is 1. The lowest BCUT2D eigenvalue weighted by Gasteiger charge is -2.22. The van der Waals surface area contributed by atoms with Crippen molar-refractivity contribution in [1.29, 1.82) is 0 Å². The highest BCUT2D eigenvalue weighted by Gasteiger charge is 2.30. The number of hydrogen-bond donors (Lipinski definition) is 2. The van der Waals surface area contributed by atoms with Crippen LogP contribution in [0.25, 0.3) is 0 Å². The van der Waals surface area contributed by atoms with Crippen LogP contribution in [0.1, 0.15) is 30.1 Å². The van der Waals surface area contributed by atoms with Gasteiger partial charge in [0.2, 0.25) is 0 Å². The van der Waals surface area contributed by atoms with E-state index in [1.54, 1.807) is 11.8 Å². The molecule has 2 rings (SSSR count). The molecule has 0 spiro atoms. The maximum absolute atomic E-state index is 12.1. The molecular formula is C13H16N2O4S. The fraction of sp³-hybridized carbons (Fsp3) is 0.462. The van der Waals surface area contributed by atoms with Crippen LogP contribution in [0.3, 0.4) is 0 Å². The monoisotopic (exact) mass is 296 g/mol. The van der Waals surface area contributed by atoms with E-state index in [0.717, 1.165) is 30.7 Å². The topological polar surface area (TPSA) is 92.5 Å². The Bertz CT molecular complexity index is 541. The van der Waals surface area contributed by atoms with Crippen LogP contribution in [-0.2, 0) is 0 Å². The second-order valence-corrected chi connectivity index (χ2v) is 6.73. The molecule has 1 unspecified atom stereocenters. The van der Waals surface area contributed by atoms with E-state index in [2.05, 4.69) is 12.2 Å². The Morgan fingerprint density at radius 2 is 2.35 bits per heavy atom. The van der Waals surface area contributed by atoms with E-state index in [4.69, 9.17) is 0 Å². The van der Waals surface area contributed by atoms with Crippen molar-refractivity contribution < 1.29 is 14.8 Å². The highest BCUT2D eigenvalue weighted by Crippen LogP contribution is 2.37. The zero-order chi connectivity index (χ0) is 14.8. The zero-order valence-electron chi connectivity index (χ0n) is 11.1. The van der Waals surface area contributed by atoms with E-state index < -0.39 is 10.8 Å². The summed E-state index contributed by atoms with van der Waals surface area (Å²) in [5.74, 6) is 0.377. The molecule has 0 aliphatic carbocycles. The first-order chi connectivity index (χ1) is 9.41. The molecule has 6 nitrogen and oxygen atoms in total. The van der Waals surface area contributed by atoms with Crippen molar-refractivity contribution in [2.75, 3.05) is 12.3 Å². The van der Waals surface area contributed by atoms with Crippen LogP contribution in [-0.4, -0.2) is 33.0 Å². The maximum Gasteiger partial charge on any atom is 0.282 e. The Morgan fingerprint density at radius 3 is 2.95 bits per heavy atom. The number of carbonyl (C=O) groups excluding carboxylic acids is 1. The average Bonchev–Trinajstić information content (AvgIpc) is 2.83. The van der Waals surface area contributed by atoms with Gasteiger partial charge < -0.3 is 10.4 Å². The minimum absolute atomic E-state index is 0.0126. The number of hydrogen-bond acceptors (Lipinski definition) is 5. The molecule has 1 aromatic carbocycles. The second kappa shape index (κ2) is 5.70. The fourth-order valence-electron chi connectivity index (χ4n) is 2.20. The average molecular weight is 296 g/mol. The third-order valence-corrected chi connectivity index (χ3v) is 4.88. The largest absolute Gasteiger partial charge is 0.508 e. The van der Waals surface area contributed by atoms with E-state index in [9.17, 15) is 20.0 Å². The summed E-state index contributed by atoms with van der Waals surface area (Å²) in [5.41, 5.74) is -0.411. The molecule has 1 heterocycles. The normalized spacial score (nSPS) is 21.6. The minimum atomic E-state index is -0.625. The van der Waals surface area contributed by atoms with Crippen molar-refractivity contribution in [2.24, 2.45) is 0 Å². The molecule has 0 saturated carbocycles. The lowest BCUT2D eigenvalue weighted by Crippen LogP contribution is -2.36. The number of nitro groups is 1. The van der Waals surface area contributed by atoms with E-state index in [1.807, 2.05) is 0 Å². The molecule has 1 aliphatic heterocycles. The highest BCUT2D eigenvalue weighted by molar-refractivity contribution is 8.00. The smallest absolute Gasteiger partial charge is 0.282 e. The predicted molar refractivity (Wildman–Crippen MR) is 77.2 cm³/mol. The Labute approximate surface area is 120 Å². The van der Waals surface area contributed by atoms with Crippen molar-refractivity contribution in [3.05, 3.63) is 33.9 Å². The van der Waals surface area contributed by atoms with Gasteiger partial charge in [0.05, 0.1) is 4.92 Å². The number of amides is 1. The number of phenolic OH excluding ortho intramolecular Hbond substituents is 1. The quantitative estimate of drug-likeness (QED) is 0.657. The van der Waals surface area contributed by atoms with E-state index in [1.165, 1.54) is 6.07 Å². The SMILES string of the molecule is CC1(CNC(=O)c2cc(O)ccc2[N+](=O)[O-])CCCS1. The molecule has 0 aromatic heterocycles. The van der Waals surface area contributed by atoms with Crippen molar-refractivity contribution in [2.45, 2.75) is 24.5 Å². The van der Waals surface area contributed by atoms with Gasteiger partial charge in [0, 0.05) is 17.4 Å². The third kappa shape index (κ3) is 3.22. The van der Waals surface area contributed by atoms with Gasteiger partial charge >= 0.3 is 0 Å². The van der Waals surface area contributed by atoms with Gasteiger partial charge in [-0.15, -0.1) is 0 Å². The highest BCUT2D eigenvalue weighted by atomic mass is 32.2. The van der Waals surface area contributed by atoms with Crippen LogP contribution in [0.15, 0.2) is 18.2 Å². The molecule has 20 heavy (non-hydrogen) atoms. The van der Waals surface area contributed by atoms with Gasteiger partial charge in [-0.05, 0) is 37.7 Å². The summed E-state index contributed by atoms with van der Waals surface area (Å²) in [5, 5.41) is 23.0. The number of carbonyl (C=O) groups is 1. The molecule has 1 saturated heterocycles. The lowest BCUT2D eigenvalue weighted by molar-refractivity contribution is -0.385. The van der Waals surface area contributed by atoms with Gasteiger partial charge in [0.15, 0.2) is 0 Å². The van der Waals surface area contributed by atoms with Crippen molar-refractivity contribution >= 4 is 23.4 Å². The fourth-order valence-corrected chi connectivity index (χ4v) is 3.45. The van der Waals surface area contributed by atoms with Crippen molar-refractivity contribution in [1.82, 2.24) is 5.32 Å². The van der Waals surface area contributed by atoms with Crippen LogP contribution in [0.2, 0.25) is 0 Å². The van der Waals surface area contributed by atoms with Gasteiger partial charge in [-0.3, -0.25) is 14.9 Å². The number of nitro benzene ring substituents is 1. The Balaban J connectivity index is 2.12. The maximum atomic E-state index is 12.1. The summed E-state index contributed by atoms with van der Waals surface area (Å²) in [6.07, 6.45) is 2.13. The number of phenols is 1. The van der Waals surface area contributed by atoms with Gasteiger partial charge in [-0.1, -0.05) is 0 Å². The molecule has 1 amide bonds. The van der Waals surface area contributed by atoms with E-state index >= 15 is 0 Å². The van der Waals surface area contributed by atoms with Gasteiger partial charge in [0.25, 0.3) is 11.6 Å². The van der Waals surface area contributed by atoms with Gasteiger partial charge in [-0.25, -0.2) is 0 Å². The Morgan fingerprint density at radius 1 is 1.60 bits per heavy atom. The summed E-state index contributed by atoms with van der Waals surface area (Å²) in [4.78, 5) is 22.4. The number of benzene rings is 1. The summed E-state index contributed by atoms with van der Waals surface area (Å²) in [6.45, 7) is 2.53. The number of rotatable bonds is 4. The summed E-state index contributed by atoms with van der Waals surface area (Å²) in [6, 6.07) is 3.46. The van der Waals surface area contributed by atoms with Crippen molar-refractivity contribution in [3.8, 4) is 5.75 Å². The van der Waals surface area contributed by atoms with Crippen LogP contribution in [0, 0.1) is 10.1 Å². The van der Waals surface area contributed by atoms with E-state index in [0.29, 0.717) is 6.54 Å². The first-order valence-corrected chi connectivity index (χ1v) is 7.29. The molecule has 1 aliphatic rings. The molecule has 1 fully saturated rings. The Hall–Kier alpha value is -1.76. The zero-order valence-corrected chi connectivity index (χ0v) is 11.9. The van der Waals surface area contributed by atoms with E-state index in [-0.39, 0.29) is 21.7 Å². The number of aromatic hydroxyl groups is 1. The third-order valence-electron chi connectivity index (χ3n) is 3.34. The van der Waals surface area contributed by atoms with Crippen LogP contribution >= 0.6 is 11.8 Å². The molecule has 1 atom stereocenters. The summed E-state index contributed by atoms with van der Waals surface area (Å²) in [7, 11) is 0. The minimum Gasteiger partial charge on any atom is -0.508 e. The molecule has 0 radical (unpaired) electrons. The first kappa shape index (κ1) is 14.6. The van der Waals surface area contributed by atoms with Crippen molar-refractivity contribution in [3.63, 3.8) is 0 Å². The van der Waals surface area contributed by atoms with Crippen LogP contribution < -0.4 is 5.32 Å². The molecule has 7 heteroatoms. The first-order valence-electron chi connectivity index (χ1n) is 6.31. The van der Waals surface area contributed by atoms with Gasteiger partial charge in [-0.2, -0.15) is 11.8 Å². The van der Waals surface area contributed by atoms with Crippen LogP contribution in [0.4, 0.5) is 5.69 Å². The Kier molecular flexibility index (Phi) is 4.17. The number of nitrogens with zero attached hydrogens (tertiary/aromatic N) is 1. The molecule has 0 bridgehead atoms. The lowest BCUT2D eigenvalue weighted by atomic mass is 10.1.